The van der Waals surface area contributed by atoms with Gasteiger partial charge in [-0.1, -0.05) is 0 Å². The van der Waals surface area contributed by atoms with Crippen molar-refractivity contribution >= 4 is 11.6 Å². The SMILES string of the molecule is Cn1cc(N2CC[C@H](N[C@@H]3CC(C)(C)OC3(C)C)C2=O)cn1. The zero-order chi connectivity index (χ0) is 16.1. The topological polar surface area (TPSA) is 59.4 Å². The maximum absolute atomic E-state index is 12.7. The molecule has 122 valence electrons. The smallest absolute Gasteiger partial charge is 0.244 e. The van der Waals surface area contributed by atoms with Gasteiger partial charge in [0.2, 0.25) is 5.91 Å². The van der Waals surface area contributed by atoms with Gasteiger partial charge in [-0.25, -0.2) is 0 Å². The van der Waals surface area contributed by atoms with E-state index in [4.69, 9.17) is 4.74 Å². The summed E-state index contributed by atoms with van der Waals surface area (Å²) >= 11 is 0. The molecular formula is C16H26N4O2. The standard InChI is InChI=1S/C16H26N4O2/c1-15(2)8-13(16(3,4)22-15)18-12-6-7-20(14(12)21)11-9-17-19(5)10-11/h9-10,12-13,18H,6-8H2,1-5H3/t12-,13+/m0/s1. The maximum atomic E-state index is 12.7. The van der Waals surface area contributed by atoms with Crippen molar-refractivity contribution in [3.05, 3.63) is 12.4 Å². The first kappa shape index (κ1) is 15.5. The molecule has 2 aliphatic rings. The first-order chi connectivity index (χ1) is 10.2. The highest BCUT2D eigenvalue weighted by atomic mass is 16.5. The number of rotatable bonds is 3. The average Bonchev–Trinajstić information content (AvgIpc) is 2.99. The summed E-state index contributed by atoms with van der Waals surface area (Å²) in [5.41, 5.74) is 0.469. The van der Waals surface area contributed by atoms with Crippen LogP contribution in [-0.2, 0) is 16.6 Å². The van der Waals surface area contributed by atoms with Crippen molar-refractivity contribution in [1.29, 1.82) is 0 Å². The molecule has 22 heavy (non-hydrogen) atoms. The van der Waals surface area contributed by atoms with Gasteiger partial charge < -0.3 is 15.0 Å². The van der Waals surface area contributed by atoms with Crippen LogP contribution in [0.5, 0.6) is 0 Å². The summed E-state index contributed by atoms with van der Waals surface area (Å²) < 4.78 is 7.83. The number of aryl methyl sites for hydroxylation is 1. The first-order valence-electron chi connectivity index (χ1n) is 7.94. The predicted octanol–water partition coefficient (Wildman–Crippen LogP) is 1.46. The minimum atomic E-state index is -0.258. The number of carbonyl (C=O) groups excluding carboxylic acids is 1. The summed E-state index contributed by atoms with van der Waals surface area (Å²) in [7, 11) is 1.86. The van der Waals surface area contributed by atoms with E-state index in [1.165, 1.54) is 0 Å². The third-order valence-electron chi connectivity index (χ3n) is 4.69. The third kappa shape index (κ3) is 2.77. The number of ether oxygens (including phenoxy) is 1. The van der Waals surface area contributed by atoms with Crippen LogP contribution in [0.1, 0.15) is 40.5 Å². The summed E-state index contributed by atoms with van der Waals surface area (Å²) in [6.45, 7) is 9.14. The highest BCUT2D eigenvalue weighted by Gasteiger charge is 2.48. The van der Waals surface area contributed by atoms with Gasteiger partial charge in [0.1, 0.15) is 0 Å². The molecular weight excluding hydrogens is 280 g/mol. The fourth-order valence-corrected chi connectivity index (χ4v) is 3.70. The van der Waals surface area contributed by atoms with Gasteiger partial charge >= 0.3 is 0 Å². The van der Waals surface area contributed by atoms with Crippen LogP contribution in [0.2, 0.25) is 0 Å². The number of hydrogen-bond donors (Lipinski definition) is 1. The van der Waals surface area contributed by atoms with E-state index in [1.807, 2.05) is 18.1 Å². The first-order valence-corrected chi connectivity index (χ1v) is 7.94. The van der Waals surface area contributed by atoms with Gasteiger partial charge in [-0.15, -0.1) is 0 Å². The number of anilines is 1. The van der Waals surface area contributed by atoms with Crippen molar-refractivity contribution in [3.63, 3.8) is 0 Å². The molecule has 3 heterocycles. The Bertz CT molecular complexity index is 578. The van der Waals surface area contributed by atoms with E-state index >= 15 is 0 Å². The van der Waals surface area contributed by atoms with Crippen LogP contribution in [-0.4, -0.2) is 45.5 Å². The highest BCUT2D eigenvalue weighted by molar-refractivity contribution is 5.99. The van der Waals surface area contributed by atoms with Gasteiger partial charge in [0, 0.05) is 25.8 Å². The zero-order valence-electron chi connectivity index (χ0n) is 14.1. The normalized spacial score (nSPS) is 30.2. The molecule has 0 unspecified atom stereocenters. The van der Waals surface area contributed by atoms with E-state index in [0.29, 0.717) is 0 Å². The molecule has 1 amide bonds. The second-order valence-electron chi connectivity index (χ2n) is 7.59. The Kier molecular flexibility index (Phi) is 3.57. The molecule has 0 aliphatic carbocycles. The lowest BCUT2D eigenvalue weighted by atomic mass is 9.93. The van der Waals surface area contributed by atoms with Gasteiger partial charge in [0.15, 0.2) is 0 Å². The molecule has 3 rings (SSSR count). The Morgan fingerprint density at radius 2 is 2.09 bits per heavy atom. The number of carbonyl (C=O) groups is 1. The minimum Gasteiger partial charge on any atom is -0.368 e. The summed E-state index contributed by atoms with van der Waals surface area (Å²) in [6.07, 6.45) is 5.36. The molecule has 0 aromatic carbocycles. The molecule has 1 aromatic rings. The van der Waals surface area contributed by atoms with Crippen LogP contribution >= 0.6 is 0 Å². The minimum absolute atomic E-state index is 0.133. The number of nitrogens with one attached hydrogen (secondary N) is 1. The van der Waals surface area contributed by atoms with E-state index in [0.717, 1.165) is 25.1 Å². The molecule has 1 N–H and O–H groups in total. The number of aromatic nitrogens is 2. The fourth-order valence-electron chi connectivity index (χ4n) is 3.70. The molecule has 0 radical (unpaired) electrons. The Morgan fingerprint density at radius 1 is 1.36 bits per heavy atom. The number of nitrogens with zero attached hydrogens (tertiary/aromatic N) is 3. The van der Waals surface area contributed by atoms with Crippen LogP contribution in [0.25, 0.3) is 0 Å². The lowest BCUT2D eigenvalue weighted by Gasteiger charge is -2.29. The van der Waals surface area contributed by atoms with Crippen molar-refractivity contribution in [3.8, 4) is 0 Å². The molecule has 2 aliphatic heterocycles. The van der Waals surface area contributed by atoms with Crippen LogP contribution < -0.4 is 10.2 Å². The molecule has 6 heteroatoms. The summed E-state index contributed by atoms with van der Waals surface area (Å²) in [5, 5.41) is 7.69. The predicted molar refractivity (Wildman–Crippen MR) is 84.7 cm³/mol. The monoisotopic (exact) mass is 306 g/mol. The van der Waals surface area contributed by atoms with Gasteiger partial charge in [-0.3, -0.25) is 9.48 Å². The second-order valence-corrected chi connectivity index (χ2v) is 7.59. The quantitative estimate of drug-likeness (QED) is 0.918. The largest absolute Gasteiger partial charge is 0.368 e. The number of amides is 1. The van der Waals surface area contributed by atoms with Crippen molar-refractivity contribution < 1.29 is 9.53 Å². The highest BCUT2D eigenvalue weighted by Crippen LogP contribution is 2.38. The van der Waals surface area contributed by atoms with E-state index in [9.17, 15) is 4.79 Å². The number of hydrogen-bond acceptors (Lipinski definition) is 4. The summed E-state index contributed by atoms with van der Waals surface area (Å²) in [5.74, 6) is 0.133. The Balaban J connectivity index is 1.69. The molecule has 2 atom stereocenters. The maximum Gasteiger partial charge on any atom is 0.244 e. The Hall–Kier alpha value is -1.40. The Morgan fingerprint density at radius 3 is 2.64 bits per heavy atom. The molecule has 2 fully saturated rings. The molecule has 1 aromatic heterocycles. The van der Waals surface area contributed by atoms with Crippen LogP contribution in [0.3, 0.4) is 0 Å². The van der Waals surface area contributed by atoms with Crippen molar-refractivity contribution in [2.45, 2.75) is 63.8 Å². The lowest BCUT2D eigenvalue weighted by Crippen LogP contribution is -2.50. The zero-order valence-corrected chi connectivity index (χ0v) is 14.1. The average molecular weight is 306 g/mol. The van der Waals surface area contributed by atoms with Crippen LogP contribution in [0, 0.1) is 0 Å². The molecule has 0 spiro atoms. The third-order valence-corrected chi connectivity index (χ3v) is 4.69. The van der Waals surface area contributed by atoms with E-state index in [-0.39, 0.29) is 29.2 Å². The van der Waals surface area contributed by atoms with E-state index in [2.05, 4.69) is 38.1 Å². The second kappa shape index (κ2) is 5.06. The van der Waals surface area contributed by atoms with Crippen LogP contribution in [0.15, 0.2) is 12.4 Å². The molecule has 6 nitrogen and oxygen atoms in total. The van der Waals surface area contributed by atoms with Gasteiger partial charge in [-0.2, -0.15) is 5.10 Å². The Labute approximate surface area is 131 Å². The lowest BCUT2D eigenvalue weighted by molar-refractivity contribution is -0.119. The van der Waals surface area contributed by atoms with Gasteiger partial charge in [0.25, 0.3) is 0 Å². The van der Waals surface area contributed by atoms with Gasteiger partial charge in [0.05, 0.1) is 29.1 Å². The van der Waals surface area contributed by atoms with E-state index < -0.39 is 0 Å². The molecule has 0 bridgehead atoms. The molecule has 0 saturated carbocycles. The summed E-state index contributed by atoms with van der Waals surface area (Å²) in [6, 6.07) is 0.0484. The van der Waals surface area contributed by atoms with E-state index in [1.54, 1.807) is 10.9 Å². The van der Waals surface area contributed by atoms with Crippen molar-refractivity contribution in [2.75, 3.05) is 11.4 Å². The van der Waals surface area contributed by atoms with Crippen molar-refractivity contribution in [2.24, 2.45) is 7.05 Å². The molecule has 2 saturated heterocycles. The van der Waals surface area contributed by atoms with Crippen molar-refractivity contribution in [1.82, 2.24) is 15.1 Å². The van der Waals surface area contributed by atoms with Gasteiger partial charge in [-0.05, 0) is 40.5 Å². The fraction of sp³-hybridized carbons (Fsp3) is 0.750. The summed E-state index contributed by atoms with van der Waals surface area (Å²) in [4.78, 5) is 14.5. The van der Waals surface area contributed by atoms with Crippen LogP contribution in [0.4, 0.5) is 5.69 Å².